The van der Waals surface area contributed by atoms with Crippen LogP contribution in [0.3, 0.4) is 0 Å². The lowest BCUT2D eigenvalue weighted by Crippen LogP contribution is -2.74. The molecule has 0 aromatic heterocycles. The zero-order valence-corrected chi connectivity index (χ0v) is 14.3. The third-order valence-corrected chi connectivity index (χ3v) is 6.94. The van der Waals surface area contributed by atoms with Gasteiger partial charge in [0.05, 0.1) is 18.6 Å². The van der Waals surface area contributed by atoms with Crippen molar-refractivity contribution in [2.75, 3.05) is 7.11 Å². The van der Waals surface area contributed by atoms with Gasteiger partial charge in [0.15, 0.2) is 8.32 Å². The predicted molar refractivity (Wildman–Crippen MR) is 80.9 cm³/mol. The summed E-state index contributed by atoms with van der Waals surface area (Å²) in [5, 5.41) is 0. The molecule has 0 aliphatic heterocycles. The highest BCUT2D eigenvalue weighted by molar-refractivity contribution is 6.69. The van der Waals surface area contributed by atoms with E-state index < -0.39 is 8.32 Å². The van der Waals surface area contributed by atoms with E-state index in [-0.39, 0.29) is 17.5 Å². The van der Waals surface area contributed by atoms with Gasteiger partial charge in [0, 0.05) is 5.41 Å². The minimum atomic E-state index is -1.68. The van der Waals surface area contributed by atoms with E-state index in [9.17, 15) is 4.79 Å². The standard InChI is InChI=1S/C16H28O3Si/c1-18-14(17)13-12-8-7-10-15(12)9-5-6-11-16(13,15)19-20(2,3)4/h12-13H,5-11H2,1-4H3/t12-,13+,15-,16+/m0/s1. The summed E-state index contributed by atoms with van der Waals surface area (Å²) in [5.74, 6) is 0.501. The molecule has 0 N–H and O–H groups in total. The van der Waals surface area contributed by atoms with Crippen LogP contribution < -0.4 is 0 Å². The van der Waals surface area contributed by atoms with Crippen molar-refractivity contribution < 1.29 is 14.0 Å². The van der Waals surface area contributed by atoms with Crippen molar-refractivity contribution in [3.8, 4) is 0 Å². The molecule has 0 amide bonds. The zero-order valence-electron chi connectivity index (χ0n) is 13.3. The van der Waals surface area contributed by atoms with Crippen molar-refractivity contribution in [2.45, 2.75) is 70.2 Å². The van der Waals surface area contributed by atoms with Gasteiger partial charge in [-0.25, -0.2) is 0 Å². The number of methoxy groups -OCH3 is 1. The van der Waals surface area contributed by atoms with Crippen molar-refractivity contribution in [3.05, 3.63) is 0 Å². The smallest absolute Gasteiger partial charge is 0.311 e. The molecule has 3 aliphatic rings. The van der Waals surface area contributed by atoms with E-state index >= 15 is 0 Å². The predicted octanol–water partition coefficient (Wildman–Crippen LogP) is 3.74. The second-order valence-corrected chi connectivity index (χ2v) is 12.4. The molecule has 0 bridgehead atoms. The molecule has 0 aromatic carbocycles. The second-order valence-electron chi connectivity index (χ2n) is 7.97. The number of ether oxygens (including phenoxy) is 1. The quantitative estimate of drug-likeness (QED) is 0.588. The van der Waals surface area contributed by atoms with E-state index in [1.165, 1.54) is 45.6 Å². The molecule has 0 aromatic rings. The molecule has 0 saturated heterocycles. The summed E-state index contributed by atoms with van der Waals surface area (Å²) >= 11 is 0. The van der Waals surface area contributed by atoms with Gasteiger partial charge in [-0.05, 0) is 51.2 Å². The fourth-order valence-corrected chi connectivity index (χ4v) is 7.17. The van der Waals surface area contributed by atoms with Crippen molar-refractivity contribution in [1.82, 2.24) is 0 Å². The molecule has 20 heavy (non-hydrogen) atoms. The molecule has 3 aliphatic carbocycles. The van der Waals surface area contributed by atoms with Gasteiger partial charge in [0.1, 0.15) is 0 Å². The number of hydrogen-bond acceptors (Lipinski definition) is 3. The maximum absolute atomic E-state index is 12.4. The highest BCUT2D eigenvalue weighted by Gasteiger charge is 2.76. The molecule has 3 nitrogen and oxygen atoms in total. The summed E-state index contributed by atoms with van der Waals surface area (Å²) in [6, 6.07) is 0. The maximum atomic E-state index is 12.4. The van der Waals surface area contributed by atoms with Crippen LogP contribution in [0.5, 0.6) is 0 Å². The molecule has 4 atom stereocenters. The maximum Gasteiger partial charge on any atom is 0.311 e. The van der Waals surface area contributed by atoms with Crippen molar-refractivity contribution >= 4 is 14.3 Å². The van der Waals surface area contributed by atoms with Crippen LogP contribution in [0.2, 0.25) is 19.6 Å². The van der Waals surface area contributed by atoms with Crippen molar-refractivity contribution in [1.29, 1.82) is 0 Å². The van der Waals surface area contributed by atoms with Crippen LogP contribution in [0, 0.1) is 17.3 Å². The van der Waals surface area contributed by atoms with E-state index in [1.54, 1.807) is 0 Å². The minimum absolute atomic E-state index is 0.00187. The van der Waals surface area contributed by atoms with Crippen LogP contribution in [0.25, 0.3) is 0 Å². The van der Waals surface area contributed by atoms with Crippen molar-refractivity contribution in [2.24, 2.45) is 17.3 Å². The van der Waals surface area contributed by atoms with Gasteiger partial charge in [-0.1, -0.05) is 19.3 Å². The Morgan fingerprint density at radius 1 is 1.10 bits per heavy atom. The first kappa shape index (κ1) is 14.6. The first-order chi connectivity index (χ1) is 9.36. The molecule has 3 fully saturated rings. The normalized spacial score (nSPS) is 43.4. The van der Waals surface area contributed by atoms with E-state index in [1.807, 2.05) is 0 Å². The third-order valence-electron chi connectivity index (χ3n) is 5.96. The number of hydrogen-bond donors (Lipinski definition) is 0. The lowest BCUT2D eigenvalue weighted by molar-refractivity contribution is -0.261. The van der Waals surface area contributed by atoms with Gasteiger partial charge >= 0.3 is 5.97 Å². The average molecular weight is 296 g/mol. The van der Waals surface area contributed by atoms with Gasteiger partial charge < -0.3 is 9.16 Å². The monoisotopic (exact) mass is 296 g/mol. The molecule has 3 rings (SSSR count). The van der Waals surface area contributed by atoms with Crippen LogP contribution in [0.4, 0.5) is 0 Å². The average Bonchev–Trinajstić information content (AvgIpc) is 2.69. The molecule has 3 saturated carbocycles. The Kier molecular flexibility index (Phi) is 3.33. The molecular weight excluding hydrogens is 268 g/mol. The molecule has 0 heterocycles. The Labute approximate surface area is 123 Å². The first-order valence-electron chi connectivity index (χ1n) is 8.14. The summed E-state index contributed by atoms with van der Waals surface area (Å²) in [7, 11) is -0.151. The van der Waals surface area contributed by atoms with E-state index in [2.05, 4.69) is 19.6 Å². The van der Waals surface area contributed by atoms with E-state index in [0.29, 0.717) is 11.3 Å². The van der Waals surface area contributed by atoms with Gasteiger partial charge in [-0.15, -0.1) is 0 Å². The Bertz CT molecular complexity index is 416. The fraction of sp³-hybridized carbons (Fsp3) is 0.938. The Balaban J connectivity index is 2.00. The van der Waals surface area contributed by atoms with E-state index in [4.69, 9.17) is 9.16 Å². The molecule has 0 unspecified atom stereocenters. The van der Waals surface area contributed by atoms with Crippen molar-refractivity contribution in [3.63, 3.8) is 0 Å². The van der Waals surface area contributed by atoms with Gasteiger partial charge in [-0.2, -0.15) is 0 Å². The molecule has 114 valence electrons. The second kappa shape index (κ2) is 4.57. The summed E-state index contributed by atoms with van der Waals surface area (Å²) in [6.07, 6.45) is 8.54. The SMILES string of the molecule is COC(=O)[C@H]1[C@@H]2CCC[C@@]23CCCC[C@@]13O[Si](C)(C)C. The lowest BCUT2D eigenvalue weighted by atomic mass is 9.40. The highest BCUT2D eigenvalue weighted by atomic mass is 28.4. The summed E-state index contributed by atoms with van der Waals surface area (Å²) in [6.45, 7) is 6.75. The molecule has 4 heteroatoms. The van der Waals surface area contributed by atoms with Gasteiger partial charge in [0.25, 0.3) is 0 Å². The number of rotatable bonds is 3. The summed E-state index contributed by atoms with van der Waals surface area (Å²) < 4.78 is 11.9. The topological polar surface area (TPSA) is 35.5 Å². The zero-order chi connectivity index (χ0) is 14.6. The molecular formula is C16H28O3Si. The van der Waals surface area contributed by atoms with Crippen LogP contribution in [-0.4, -0.2) is 27.0 Å². The highest BCUT2D eigenvalue weighted by Crippen LogP contribution is 2.73. The minimum Gasteiger partial charge on any atom is -0.469 e. The Hall–Kier alpha value is -0.353. The van der Waals surface area contributed by atoms with Gasteiger partial charge in [0.2, 0.25) is 0 Å². The summed E-state index contributed by atoms with van der Waals surface area (Å²) in [5.41, 5.74) is 0.106. The number of carbonyl (C=O) groups is 1. The third kappa shape index (κ3) is 1.76. The molecule has 1 spiro atoms. The number of esters is 1. The number of carbonyl (C=O) groups excluding carboxylic acids is 1. The largest absolute Gasteiger partial charge is 0.469 e. The molecule has 0 radical (unpaired) electrons. The lowest BCUT2D eigenvalue weighted by Gasteiger charge is -2.69. The van der Waals surface area contributed by atoms with Crippen LogP contribution in [-0.2, 0) is 14.0 Å². The fourth-order valence-electron chi connectivity index (χ4n) is 5.65. The first-order valence-corrected chi connectivity index (χ1v) is 11.6. The van der Waals surface area contributed by atoms with Crippen LogP contribution >= 0.6 is 0 Å². The van der Waals surface area contributed by atoms with Crippen LogP contribution in [0.1, 0.15) is 44.9 Å². The summed E-state index contributed by atoms with van der Waals surface area (Å²) in [4.78, 5) is 12.4. The van der Waals surface area contributed by atoms with Gasteiger partial charge in [-0.3, -0.25) is 4.79 Å². The Morgan fingerprint density at radius 3 is 2.40 bits per heavy atom. The van der Waals surface area contributed by atoms with E-state index in [0.717, 1.165) is 6.42 Å². The Morgan fingerprint density at radius 2 is 1.75 bits per heavy atom. The van der Waals surface area contributed by atoms with Crippen LogP contribution in [0.15, 0.2) is 0 Å².